The van der Waals surface area contributed by atoms with E-state index in [0.29, 0.717) is 0 Å². The number of hydrogen-bond acceptors (Lipinski definition) is 6. The smallest absolute Gasteiger partial charge is 0.347 e. The molecule has 0 fully saturated rings. The number of ether oxygens (including phenoxy) is 2. The Kier molecular flexibility index (Phi) is 5.77. The van der Waals surface area contributed by atoms with Crippen LogP contribution >= 0.6 is 0 Å². The number of carbonyl (C=O) groups is 3. The summed E-state index contributed by atoms with van der Waals surface area (Å²) in [6.07, 6.45) is -3.78. The molecule has 0 bridgehead atoms. The van der Waals surface area contributed by atoms with Crippen LogP contribution in [0.1, 0.15) is 34.1 Å². The number of esters is 2. The molecule has 0 saturated carbocycles. The van der Waals surface area contributed by atoms with Gasteiger partial charge in [-0.15, -0.1) is 0 Å². The molecular weight excluding hydrogens is 244 g/mol. The molecule has 18 heavy (non-hydrogen) atoms. The first-order chi connectivity index (χ1) is 8.03. The van der Waals surface area contributed by atoms with E-state index in [9.17, 15) is 14.4 Å². The Hall–Kier alpha value is -1.63. The third-order valence-electron chi connectivity index (χ3n) is 1.67. The third-order valence-corrected chi connectivity index (χ3v) is 1.67. The molecular formula is C11H18O7. The summed E-state index contributed by atoms with van der Waals surface area (Å²) in [6.45, 7) is 6.23. The highest BCUT2D eigenvalue weighted by Gasteiger charge is 2.28. The van der Waals surface area contributed by atoms with E-state index >= 15 is 0 Å². The molecule has 0 aliphatic carbocycles. The van der Waals surface area contributed by atoms with Crippen LogP contribution in [-0.4, -0.2) is 45.9 Å². The number of aliphatic hydroxyl groups excluding tert-OH is 1. The van der Waals surface area contributed by atoms with Gasteiger partial charge in [0.15, 0.2) is 12.2 Å². The first kappa shape index (κ1) is 16.4. The Bertz CT molecular complexity index is 329. The Morgan fingerprint density at radius 3 is 2.06 bits per heavy atom. The van der Waals surface area contributed by atoms with Crippen LogP contribution in [0.2, 0.25) is 0 Å². The maximum absolute atomic E-state index is 11.4. The van der Waals surface area contributed by atoms with Gasteiger partial charge in [-0.2, -0.15) is 0 Å². The van der Waals surface area contributed by atoms with Gasteiger partial charge in [-0.1, -0.05) is 0 Å². The number of hydrogen-bond donors (Lipinski definition) is 2. The maximum Gasteiger partial charge on any atom is 0.347 e. The Morgan fingerprint density at radius 1 is 1.17 bits per heavy atom. The molecule has 1 unspecified atom stereocenters. The summed E-state index contributed by atoms with van der Waals surface area (Å²) in [5.74, 6) is -3.28. The summed E-state index contributed by atoms with van der Waals surface area (Å²) < 4.78 is 9.54. The summed E-state index contributed by atoms with van der Waals surface area (Å²) in [6, 6.07) is 0. The molecule has 0 radical (unpaired) electrons. The minimum absolute atomic E-state index is 0.725. The van der Waals surface area contributed by atoms with Gasteiger partial charge in [-0.25, -0.2) is 9.59 Å². The molecule has 0 spiro atoms. The molecule has 0 aromatic heterocycles. The van der Waals surface area contributed by atoms with Crippen molar-refractivity contribution in [2.75, 3.05) is 0 Å². The van der Waals surface area contributed by atoms with Gasteiger partial charge in [0.2, 0.25) is 0 Å². The van der Waals surface area contributed by atoms with Crippen LogP contribution in [0.15, 0.2) is 0 Å². The molecule has 0 aliphatic rings. The molecule has 7 heteroatoms. The quantitative estimate of drug-likeness (QED) is 0.676. The van der Waals surface area contributed by atoms with Crippen molar-refractivity contribution in [3.05, 3.63) is 0 Å². The summed E-state index contributed by atoms with van der Waals surface area (Å²) >= 11 is 0. The van der Waals surface area contributed by atoms with Crippen molar-refractivity contribution < 1.29 is 34.1 Å². The second-order valence-corrected chi connectivity index (χ2v) is 4.73. The normalized spacial score (nSPS) is 14.5. The predicted molar refractivity (Wildman–Crippen MR) is 59.7 cm³/mol. The topological polar surface area (TPSA) is 110 Å². The van der Waals surface area contributed by atoms with Crippen LogP contribution in [0.25, 0.3) is 0 Å². The number of aliphatic carboxylic acids is 1. The SMILES string of the molecule is C[C@H](OC(=O)C(O)CC(=O)O)C(=O)OC(C)(C)C. The molecule has 0 amide bonds. The highest BCUT2D eigenvalue weighted by molar-refractivity contribution is 5.84. The van der Waals surface area contributed by atoms with Crippen LogP contribution in [-0.2, 0) is 23.9 Å². The molecule has 104 valence electrons. The minimum atomic E-state index is -1.80. The molecule has 2 N–H and O–H groups in total. The van der Waals surface area contributed by atoms with E-state index in [-0.39, 0.29) is 0 Å². The fourth-order valence-electron chi connectivity index (χ4n) is 0.934. The standard InChI is InChI=1S/C11H18O7/c1-6(9(15)18-11(2,3)4)17-10(16)7(12)5-8(13)14/h6-7,12H,5H2,1-4H3,(H,13,14)/t6-,7?/m0/s1. The van der Waals surface area contributed by atoms with Crippen molar-refractivity contribution in [3.63, 3.8) is 0 Å². The summed E-state index contributed by atoms with van der Waals surface area (Å²) in [7, 11) is 0. The van der Waals surface area contributed by atoms with Gasteiger partial charge in [0, 0.05) is 0 Å². The van der Waals surface area contributed by atoms with Crippen molar-refractivity contribution in [2.24, 2.45) is 0 Å². The molecule has 0 aromatic carbocycles. The van der Waals surface area contributed by atoms with Crippen molar-refractivity contribution in [3.8, 4) is 0 Å². The largest absolute Gasteiger partial charge is 0.481 e. The molecule has 0 rings (SSSR count). The predicted octanol–water partition coefficient (Wildman–Crippen LogP) is 0.0954. The second-order valence-electron chi connectivity index (χ2n) is 4.73. The summed E-state index contributed by atoms with van der Waals surface area (Å²) in [4.78, 5) is 32.9. The summed E-state index contributed by atoms with van der Waals surface area (Å²) in [5.41, 5.74) is -0.725. The highest BCUT2D eigenvalue weighted by Crippen LogP contribution is 2.10. The lowest BCUT2D eigenvalue weighted by molar-refractivity contribution is -0.179. The van der Waals surface area contributed by atoms with Gasteiger partial charge in [0.05, 0.1) is 6.42 Å². The van der Waals surface area contributed by atoms with Crippen LogP contribution in [0.5, 0.6) is 0 Å². The maximum atomic E-state index is 11.4. The molecule has 0 aromatic rings. The van der Waals surface area contributed by atoms with Gasteiger partial charge < -0.3 is 19.7 Å². The lowest BCUT2D eigenvalue weighted by atomic mass is 10.2. The Labute approximate surface area is 105 Å². The van der Waals surface area contributed by atoms with E-state index in [4.69, 9.17) is 14.9 Å². The summed E-state index contributed by atoms with van der Waals surface area (Å²) in [5, 5.41) is 17.5. The fourth-order valence-corrected chi connectivity index (χ4v) is 0.934. The van der Waals surface area contributed by atoms with E-state index < -0.39 is 42.1 Å². The Balaban J connectivity index is 4.31. The molecule has 0 heterocycles. The van der Waals surface area contributed by atoms with E-state index in [0.717, 1.165) is 0 Å². The molecule has 0 aliphatic heterocycles. The Morgan fingerprint density at radius 2 is 1.67 bits per heavy atom. The average molecular weight is 262 g/mol. The van der Waals surface area contributed by atoms with Gasteiger partial charge in [0.1, 0.15) is 5.60 Å². The van der Waals surface area contributed by atoms with Crippen molar-refractivity contribution >= 4 is 17.9 Å². The van der Waals surface area contributed by atoms with Crippen LogP contribution in [0.4, 0.5) is 0 Å². The highest BCUT2D eigenvalue weighted by atomic mass is 16.6. The van der Waals surface area contributed by atoms with Crippen LogP contribution < -0.4 is 0 Å². The van der Waals surface area contributed by atoms with E-state index in [2.05, 4.69) is 4.74 Å². The number of aliphatic hydroxyl groups is 1. The zero-order valence-corrected chi connectivity index (χ0v) is 10.8. The van der Waals surface area contributed by atoms with Gasteiger partial charge in [-0.3, -0.25) is 4.79 Å². The van der Waals surface area contributed by atoms with E-state index in [1.165, 1.54) is 6.92 Å². The molecule has 0 saturated heterocycles. The van der Waals surface area contributed by atoms with Crippen molar-refractivity contribution in [1.29, 1.82) is 0 Å². The monoisotopic (exact) mass is 262 g/mol. The number of carboxylic acids is 1. The molecule has 7 nitrogen and oxygen atoms in total. The number of carbonyl (C=O) groups excluding carboxylic acids is 2. The van der Waals surface area contributed by atoms with E-state index in [1.807, 2.05) is 0 Å². The van der Waals surface area contributed by atoms with Crippen molar-refractivity contribution in [1.82, 2.24) is 0 Å². The van der Waals surface area contributed by atoms with E-state index in [1.54, 1.807) is 20.8 Å². The van der Waals surface area contributed by atoms with Gasteiger partial charge >= 0.3 is 17.9 Å². The third kappa shape index (κ3) is 6.85. The van der Waals surface area contributed by atoms with Gasteiger partial charge in [0.25, 0.3) is 0 Å². The lowest BCUT2D eigenvalue weighted by Crippen LogP contribution is -2.36. The first-order valence-corrected chi connectivity index (χ1v) is 5.36. The zero-order chi connectivity index (χ0) is 14.5. The average Bonchev–Trinajstić information content (AvgIpc) is 2.13. The van der Waals surface area contributed by atoms with Crippen LogP contribution in [0.3, 0.4) is 0 Å². The minimum Gasteiger partial charge on any atom is -0.481 e. The van der Waals surface area contributed by atoms with Gasteiger partial charge in [-0.05, 0) is 27.7 Å². The number of carboxylic acid groups (broad SMARTS) is 1. The zero-order valence-electron chi connectivity index (χ0n) is 10.8. The first-order valence-electron chi connectivity index (χ1n) is 5.36. The fraction of sp³-hybridized carbons (Fsp3) is 0.727. The lowest BCUT2D eigenvalue weighted by Gasteiger charge is -2.22. The second kappa shape index (κ2) is 6.34. The molecule has 2 atom stereocenters. The van der Waals surface area contributed by atoms with Crippen LogP contribution in [0, 0.1) is 0 Å². The van der Waals surface area contributed by atoms with Crippen molar-refractivity contribution in [2.45, 2.75) is 51.9 Å². The number of rotatable bonds is 5.